The standard InChI is InChI=1S/C28H30N2O3/c29-27(24-7-3-1-4-8-24)19-32-17-21-11-13-23-14-12-22(16-25(23)15-21)18-33-20-28(30,31)26-9-5-2-6-10-26/h1-16,27,31H,17-20,29-30H2/t27-,28-/m1/s1. The van der Waals surface area contributed by atoms with Crippen molar-refractivity contribution < 1.29 is 14.6 Å². The van der Waals surface area contributed by atoms with Crippen LogP contribution in [0.2, 0.25) is 0 Å². The zero-order chi connectivity index (χ0) is 23.1. The van der Waals surface area contributed by atoms with Gasteiger partial charge in [0.25, 0.3) is 0 Å². The molecule has 4 aromatic carbocycles. The zero-order valence-electron chi connectivity index (χ0n) is 18.6. The Labute approximate surface area is 194 Å². The van der Waals surface area contributed by atoms with Crippen molar-refractivity contribution in [3.63, 3.8) is 0 Å². The number of nitrogens with two attached hydrogens (primary N) is 2. The quantitative estimate of drug-likeness (QED) is 0.317. The topological polar surface area (TPSA) is 90.7 Å². The van der Waals surface area contributed by atoms with Gasteiger partial charge < -0.3 is 20.3 Å². The molecule has 4 aromatic rings. The average Bonchev–Trinajstić information content (AvgIpc) is 2.85. The minimum atomic E-state index is -1.52. The van der Waals surface area contributed by atoms with E-state index in [1.807, 2.05) is 54.6 Å². The van der Waals surface area contributed by atoms with Gasteiger partial charge >= 0.3 is 0 Å². The number of rotatable bonds is 10. The molecule has 0 radical (unpaired) electrons. The van der Waals surface area contributed by atoms with Crippen molar-refractivity contribution in [2.75, 3.05) is 13.2 Å². The Kier molecular flexibility index (Phi) is 7.50. The summed E-state index contributed by atoms with van der Waals surface area (Å²) in [4.78, 5) is 0. The van der Waals surface area contributed by atoms with Gasteiger partial charge in [0, 0.05) is 5.56 Å². The predicted octanol–water partition coefficient (Wildman–Crippen LogP) is 4.38. The van der Waals surface area contributed by atoms with Crippen molar-refractivity contribution >= 4 is 10.8 Å². The fourth-order valence-corrected chi connectivity index (χ4v) is 3.76. The highest BCUT2D eigenvalue weighted by molar-refractivity contribution is 5.83. The Morgan fingerprint density at radius 3 is 1.94 bits per heavy atom. The Morgan fingerprint density at radius 2 is 1.30 bits per heavy atom. The highest BCUT2D eigenvalue weighted by Crippen LogP contribution is 2.21. The molecule has 0 aliphatic carbocycles. The largest absolute Gasteiger partial charge is 0.375 e. The molecule has 0 bridgehead atoms. The normalized spacial score (nSPS) is 14.2. The summed E-state index contributed by atoms with van der Waals surface area (Å²) in [6.07, 6.45) is 0. The maximum absolute atomic E-state index is 10.5. The lowest BCUT2D eigenvalue weighted by molar-refractivity contribution is -0.0522. The van der Waals surface area contributed by atoms with Gasteiger partial charge in [-0.15, -0.1) is 0 Å². The summed E-state index contributed by atoms with van der Waals surface area (Å²) in [6, 6.07) is 31.4. The summed E-state index contributed by atoms with van der Waals surface area (Å²) in [7, 11) is 0. The molecule has 0 aliphatic rings. The molecule has 0 saturated carbocycles. The molecule has 5 nitrogen and oxygen atoms in total. The van der Waals surface area contributed by atoms with E-state index in [1.54, 1.807) is 12.1 Å². The predicted molar refractivity (Wildman–Crippen MR) is 131 cm³/mol. The first-order chi connectivity index (χ1) is 16.0. The summed E-state index contributed by atoms with van der Waals surface area (Å²) in [6.45, 7) is 1.31. The van der Waals surface area contributed by atoms with Crippen molar-refractivity contribution in [2.45, 2.75) is 25.0 Å². The van der Waals surface area contributed by atoms with Crippen LogP contribution in [0.4, 0.5) is 0 Å². The van der Waals surface area contributed by atoms with Gasteiger partial charge in [-0.3, -0.25) is 5.73 Å². The van der Waals surface area contributed by atoms with Crippen LogP contribution in [0.15, 0.2) is 97.1 Å². The van der Waals surface area contributed by atoms with Gasteiger partial charge in [0.05, 0.1) is 32.5 Å². The van der Waals surface area contributed by atoms with E-state index in [-0.39, 0.29) is 12.6 Å². The van der Waals surface area contributed by atoms with Crippen molar-refractivity contribution in [1.29, 1.82) is 0 Å². The van der Waals surface area contributed by atoms with Crippen LogP contribution in [0.5, 0.6) is 0 Å². The van der Waals surface area contributed by atoms with E-state index >= 15 is 0 Å². The fraction of sp³-hybridized carbons (Fsp3) is 0.214. The van der Waals surface area contributed by atoms with Crippen molar-refractivity contribution in [1.82, 2.24) is 0 Å². The number of fused-ring (bicyclic) bond motifs is 1. The molecule has 0 spiro atoms. The van der Waals surface area contributed by atoms with Crippen LogP contribution in [0, 0.1) is 0 Å². The SMILES string of the molecule is N[C@H](COCc1ccc2ccc(COC[C@@](N)(O)c3ccccc3)cc2c1)c1ccccc1. The van der Waals surface area contributed by atoms with Crippen LogP contribution < -0.4 is 11.5 Å². The monoisotopic (exact) mass is 442 g/mol. The lowest BCUT2D eigenvalue weighted by Crippen LogP contribution is -2.41. The molecule has 0 heterocycles. The third-order valence-corrected chi connectivity index (χ3v) is 5.63. The number of ether oxygens (including phenoxy) is 2. The third kappa shape index (κ3) is 6.26. The first kappa shape index (κ1) is 23.1. The van der Waals surface area contributed by atoms with E-state index in [9.17, 15) is 5.11 Å². The van der Waals surface area contributed by atoms with E-state index in [1.165, 1.54) is 0 Å². The second-order valence-electron chi connectivity index (χ2n) is 8.33. The zero-order valence-corrected chi connectivity index (χ0v) is 18.6. The van der Waals surface area contributed by atoms with Crippen LogP contribution in [0.3, 0.4) is 0 Å². The van der Waals surface area contributed by atoms with E-state index in [4.69, 9.17) is 20.9 Å². The Hall–Kier alpha value is -3.06. The Bertz CT molecular complexity index is 1160. The van der Waals surface area contributed by atoms with Crippen LogP contribution in [0.1, 0.15) is 28.3 Å². The summed E-state index contributed by atoms with van der Waals surface area (Å²) in [5.41, 5.74) is 14.5. The third-order valence-electron chi connectivity index (χ3n) is 5.63. The van der Waals surface area contributed by atoms with Crippen LogP contribution >= 0.6 is 0 Å². The summed E-state index contributed by atoms with van der Waals surface area (Å²) >= 11 is 0. The van der Waals surface area contributed by atoms with Gasteiger partial charge in [-0.2, -0.15) is 0 Å². The lowest BCUT2D eigenvalue weighted by atomic mass is 10.0. The molecule has 4 rings (SSSR count). The molecular formula is C28H30N2O3. The second kappa shape index (κ2) is 10.7. The number of benzene rings is 4. The number of aliphatic hydroxyl groups is 1. The molecule has 5 N–H and O–H groups in total. The minimum absolute atomic E-state index is 0.00456. The fourth-order valence-electron chi connectivity index (χ4n) is 3.76. The van der Waals surface area contributed by atoms with E-state index in [0.29, 0.717) is 25.4 Å². The molecule has 5 heteroatoms. The first-order valence-corrected chi connectivity index (χ1v) is 11.1. The van der Waals surface area contributed by atoms with Crippen LogP contribution in [0.25, 0.3) is 10.8 Å². The van der Waals surface area contributed by atoms with Gasteiger partial charge in [0.1, 0.15) is 0 Å². The molecule has 33 heavy (non-hydrogen) atoms. The van der Waals surface area contributed by atoms with E-state index < -0.39 is 5.72 Å². The van der Waals surface area contributed by atoms with Crippen LogP contribution in [-0.2, 0) is 28.4 Å². The molecule has 0 aliphatic heterocycles. The van der Waals surface area contributed by atoms with E-state index in [0.717, 1.165) is 27.5 Å². The second-order valence-corrected chi connectivity index (χ2v) is 8.33. The van der Waals surface area contributed by atoms with Gasteiger partial charge in [0.2, 0.25) is 0 Å². The number of hydrogen-bond acceptors (Lipinski definition) is 5. The van der Waals surface area contributed by atoms with Crippen molar-refractivity contribution in [2.24, 2.45) is 11.5 Å². The smallest absolute Gasteiger partial charge is 0.163 e. The highest BCUT2D eigenvalue weighted by atomic mass is 16.5. The molecular weight excluding hydrogens is 412 g/mol. The average molecular weight is 443 g/mol. The minimum Gasteiger partial charge on any atom is -0.375 e. The van der Waals surface area contributed by atoms with E-state index in [2.05, 4.69) is 30.3 Å². The van der Waals surface area contributed by atoms with Gasteiger partial charge in [-0.25, -0.2) is 0 Å². The van der Waals surface area contributed by atoms with Gasteiger partial charge in [-0.05, 0) is 39.6 Å². The molecule has 0 aromatic heterocycles. The van der Waals surface area contributed by atoms with Gasteiger partial charge in [-0.1, -0.05) is 84.9 Å². The molecule has 0 unspecified atom stereocenters. The lowest BCUT2D eigenvalue weighted by Gasteiger charge is -2.23. The maximum atomic E-state index is 10.5. The number of hydrogen-bond donors (Lipinski definition) is 3. The van der Waals surface area contributed by atoms with Crippen molar-refractivity contribution in [3.05, 3.63) is 119 Å². The van der Waals surface area contributed by atoms with Gasteiger partial charge in [0.15, 0.2) is 5.72 Å². The Balaban J connectivity index is 1.33. The maximum Gasteiger partial charge on any atom is 0.163 e. The molecule has 2 atom stereocenters. The first-order valence-electron chi connectivity index (χ1n) is 11.1. The van der Waals surface area contributed by atoms with Crippen molar-refractivity contribution in [3.8, 4) is 0 Å². The highest BCUT2D eigenvalue weighted by Gasteiger charge is 2.23. The summed E-state index contributed by atoms with van der Waals surface area (Å²) in [5, 5.41) is 12.7. The molecule has 0 fully saturated rings. The Morgan fingerprint density at radius 1 is 0.727 bits per heavy atom. The molecule has 0 saturated heterocycles. The molecule has 170 valence electrons. The molecule has 0 amide bonds. The summed E-state index contributed by atoms with van der Waals surface area (Å²) in [5.74, 6) is 0. The summed E-state index contributed by atoms with van der Waals surface area (Å²) < 4.78 is 11.6. The van der Waals surface area contributed by atoms with Crippen LogP contribution in [-0.4, -0.2) is 18.3 Å².